The molecule has 0 aliphatic carbocycles. The maximum atomic E-state index is 12.3. The predicted molar refractivity (Wildman–Crippen MR) is 77.4 cm³/mol. The highest BCUT2D eigenvalue weighted by atomic mass is 16.2. The molecular weight excluding hydrogens is 256 g/mol. The van der Waals surface area contributed by atoms with Gasteiger partial charge in [0.1, 0.15) is 0 Å². The molecule has 0 aromatic carbocycles. The van der Waals surface area contributed by atoms with E-state index in [0.29, 0.717) is 26.1 Å². The molecule has 0 spiro atoms. The monoisotopic (exact) mass is 282 g/mol. The third-order valence-electron chi connectivity index (χ3n) is 4.07. The molecule has 20 heavy (non-hydrogen) atoms. The van der Waals surface area contributed by atoms with Crippen LogP contribution in [0.2, 0.25) is 0 Å². The molecule has 2 saturated heterocycles. The van der Waals surface area contributed by atoms with Gasteiger partial charge in [-0.3, -0.25) is 14.5 Å². The van der Waals surface area contributed by atoms with E-state index in [4.69, 9.17) is 0 Å². The number of amides is 2. The normalized spacial score (nSPS) is 21.6. The van der Waals surface area contributed by atoms with E-state index >= 15 is 0 Å². The molecule has 2 fully saturated rings. The smallest absolute Gasteiger partial charge is 0.236 e. The summed E-state index contributed by atoms with van der Waals surface area (Å²) in [6.45, 7) is 9.14. The highest BCUT2D eigenvalue weighted by Crippen LogP contribution is 2.06. The lowest BCUT2D eigenvalue weighted by Crippen LogP contribution is -2.49. The van der Waals surface area contributed by atoms with Gasteiger partial charge in [-0.05, 0) is 6.42 Å². The van der Waals surface area contributed by atoms with Crippen molar-refractivity contribution >= 4 is 11.8 Å². The van der Waals surface area contributed by atoms with E-state index < -0.39 is 0 Å². The van der Waals surface area contributed by atoms with Crippen molar-refractivity contribution in [3.8, 4) is 0 Å². The quantitative estimate of drug-likeness (QED) is 0.748. The molecule has 2 aliphatic rings. The van der Waals surface area contributed by atoms with Crippen LogP contribution >= 0.6 is 0 Å². The zero-order valence-corrected chi connectivity index (χ0v) is 12.4. The van der Waals surface area contributed by atoms with Crippen LogP contribution < -0.4 is 5.32 Å². The van der Waals surface area contributed by atoms with Crippen LogP contribution in [0, 0.1) is 0 Å². The lowest BCUT2D eigenvalue weighted by molar-refractivity contribution is -0.134. The molecule has 0 saturated carbocycles. The van der Waals surface area contributed by atoms with Crippen LogP contribution in [0.5, 0.6) is 0 Å². The van der Waals surface area contributed by atoms with Gasteiger partial charge < -0.3 is 15.1 Å². The lowest BCUT2D eigenvalue weighted by atomic mass is 10.3. The SMILES string of the molecule is CCC(=O)N1CCCN(C(=O)CN2CCNCC2)CC1. The second-order valence-corrected chi connectivity index (χ2v) is 5.49. The van der Waals surface area contributed by atoms with E-state index in [-0.39, 0.29) is 11.8 Å². The second-order valence-electron chi connectivity index (χ2n) is 5.49. The Kier molecular flexibility index (Phi) is 5.79. The van der Waals surface area contributed by atoms with Gasteiger partial charge in [0.2, 0.25) is 11.8 Å². The second kappa shape index (κ2) is 7.59. The largest absolute Gasteiger partial charge is 0.341 e. The molecule has 2 aliphatic heterocycles. The fraction of sp³-hybridized carbons (Fsp3) is 0.857. The van der Waals surface area contributed by atoms with Gasteiger partial charge >= 0.3 is 0 Å². The van der Waals surface area contributed by atoms with Crippen LogP contribution in [-0.4, -0.2) is 85.4 Å². The summed E-state index contributed by atoms with van der Waals surface area (Å²) in [5.74, 6) is 0.402. The Labute approximate surface area is 121 Å². The summed E-state index contributed by atoms with van der Waals surface area (Å²) in [6.07, 6.45) is 1.44. The van der Waals surface area contributed by atoms with Crippen LogP contribution in [-0.2, 0) is 9.59 Å². The van der Waals surface area contributed by atoms with Crippen molar-refractivity contribution < 1.29 is 9.59 Å². The first-order chi connectivity index (χ1) is 9.70. The fourth-order valence-electron chi connectivity index (χ4n) is 2.80. The summed E-state index contributed by atoms with van der Waals surface area (Å²) in [6, 6.07) is 0. The molecule has 0 radical (unpaired) electrons. The molecule has 1 N–H and O–H groups in total. The summed E-state index contributed by atoms with van der Waals surface area (Å²) in [7, 11) is 0. The van der Waals surface area contributed by atoms with Gasteiger partial charge in [0.15, 0.2) is 0 Å². The Morgan fingerprint density at radius 1 is 0.900 bits per heavy atom. The number of nitrogens with one attached hydrogen (secondary N) is 1. The summed E-state index contributed by atoms with van der Waals surface area (Å²) in [4.78, 5) is 30.1. The standard InChI is InChI=1S/C14H26N4O2/c1-2-13(19)17-6-3-7-18(11-10-17)14(20)12-16-8-4-15-5-9-16/h15H,2-12H2,1H3. The van der Waals surface area contributed by atoms with Gasteiger partial charge in [-0.1, -0.05) is 6.92 Å². The number of hydrogen-bond acceptors (Lipinski definition) is 4. The minimum absolute atomic E-state index is 0.196. The molecule has 0 aromatic heterocycles. The lowest BCUT2D eigenvalue weighted by Gasteiger charge is -2.29. The van der Waals surface area contributed by atoms with Crippen LogP contribution in [0.1, 0.15) is 19.8 Å². The van der Waals surface area contributed by atoms with Crippen LogP contribution in [0.15, 0.2) is 0 Å². The molecule has 0 aromatic rings. The van der Waals surface area contributed by atoms with Crippen LogP contribution in [0.3, 0.4) is 0 Å². The number of piperazine rings is 1. The van der Waals surface area contributed by atoms with E-state index in [2.05, 4.69) is 10.2 Å². The number of rotatable bonds is 3. The van der Waals surface area contributed by atoms with Crippen molar-refractivity contribution in [2.45, 2.75) is 19.8 Å². The zero-order chi connectivity index (χ0) is 14.4. The van der Waals surface area contributed by atoms with E-state index in [9.17, 15) is 9.59 Å². The van der Waals surface area contributed by atoms with Gasteiger partial charge in [-0.2, -0.15) is 0 Å². The number of hydrogen-bond donors (Lipinski definition) is 1. The van der Waals surface area contributed by atoms with E-state index in [1.807, 2.05) is 16.7 Å². The third-order valence-corrected chi connectivity index (χ3v) is 4.07. The minimum atomic E-state index is 0.196. The molecule has 2 heterocycles. The fourth-order valence-corrected chi connectivity index (χ4v) is 2.80. The number of carbonyl (C=O) groups excluding carboxylic acids is 2. The number of carbonyl (C=O) groups is 2. The maximum absolute atomic E-state index is 12.3. The summed E-state index contributed by atoms with van der Waals surface area (Å²) < 4.78 is 0. The van der Waals surface area contributed by atoms with Gasteiger partial charge in [-0.15, -0.1) is 0 Å². The zero-order valence-electron chi connectivity index (χ0n) is 12.4. The van der Waals surface area contributed by atoms with Gasteiger partial charge in [0.05, 0.1) is 6.54 Å². The minimum Gasteiger partial charge on any atom is -0.341 e. The third kappa shape index (κ3) is 4.18. The Hall–Kier alpha value is -1.14. The molecule has 6 nitrogen and oxygen atoms in total. The molecule has 2 amide bonds. The molecule has 0 unspecified atom stereocenters. The maximum Gasteiger partial charge on any atom is 0.236 e. The van der Waals surface area contributed by atoms with Crippen LogP contribution in [0.25, 0.3) is 0 Å². The van der Waals surface area contributed by atoms with Crippen molar-refractivity contribution in [1.29, 1.82) is 0 Å². The molecule has 0 atom stereocenters. The van der Waals surface area contributed by atoms with Gasteiger partial charge in [0, 0.05) is 58.8 Å². The van der Waals surface area contributed by atoms with E-state index in [1.54, 1.807) is 0 Å². The highest BCUT2D eigenvalue weighted by molar-refractivity contribution is 5.79. The van der Waals surface area contributed by atoms with Crippen molar-refractivity contribution in [3.05, 3.63) is 0 Å². The first-order valence-electron chi connectivity index (χ1n) is 7.69. The predicted octanol–water partition coefficient (Wildman–Crippen LogP) is -0.637. The molecule has 114 valence electrons. The Morgan fingerprint density at radius 3 is 2.10 bits per heavy atom. The van der Waals surface area contributed by atoms with E-state index in [1.165, 1.54) is 0 Å². The molecular formula is C14H26N4O2. The van der Waals surface area contributed by atoms with Gasteiger partial charge in [0.25, 0.3) is 0 Å². The molecule has 6 heteroatoms. The first-order valence-corrected chi connectivity index (χ1v) is 7.69. The summed E-state index contributed by atoms with van der Waals surface area (Å²) in [5.41, 5.74) is 0. The first kappa shape index (κ1) is 15.3. The summed E-state index contributed by atoms with van der Waals surface area (Å²) in [5, 5.41) is 3.29. The van der Waals surface area contributed by atoms with Gasteiger partial charge in [-0.25, -0.2) is 0 Å². The van der Waals surface area contributed by atoms with Crippen molar-refractivity contribution in [2.24, 2.45) is 0 Å². The number of nitrogens with zero attached hydrogens (tertiary/aromatic N) is 3. The van der Waals surface area contributed by atoms with Crippen molar-refractivity contribution in [1.82, 2.24) is 20.0 Å². The van der Waals surface area contributed by atoms with Crippen molar-refractivity contribution in [2.75, 3.05) is 58.9 Å². The van der Waals surface area contributed by atoms with E-state index in [0.717, 1.165) is 45.7 Å². The average Bonchev–Trinajstić information content (AvgIpc) is 2.73. The Morgan fingerprint density at radius 2 is 1.50 bits per heavy atom. The van der Waals surface area contributed by atoms with Crippen molar-refractivity contribution in [3.63, 3.8) is 0 Å². The average molecular weight is 282 g/mol. The van der Waals surface area contributed by atoms with Crippen LogP contribution in [0.4, 0.5) is 0 Å². The Bertz CT molecular complexity index is 342. The topological polar surface area (TPSA) is 55.9 Å². The Balaban J connectivity index is 1.80. The molecule has 2 rings (SSSR count). The highest BCUT2D eigenvalue weighted by Gasteiger charge is 2.23. The molecule has 0 bridgehead atoms. The summed E-state index contributed by atoms with van der Waals surface area (Å²) >= 11 is 0.